The largest absolute Gasteiger partial charge is 0.372 e. The minimum Gasteiger partial charge on any atom is -0.372 e. The van der Waals surface area contributed by atoms with Crippen LogP contribution in [0.3, 0.4) is 0 Å². The lowest BCUT2D eigenvalue weighted by atomic mass is 10.4. The number of hydrogen-bond donors (Lipinski definition) is 0. The summed E-state index contributed by atoms with van der Waals surface area (Å²) in [5.41, 5.74) is 0.380. The zero-order chi connectivity index (χ0) is 10.2. The summed E-state index contributed by atoms with van der Waals surface area (Å²) in [4.78, 5) is 3.95. The molecule has 7 heteroatoms. The van der Waals surface area contributed by atoms with E-state index in [1.54, 1.807) is 4.57 Å². The maximum Gasteiger partial charge on any atom is 0.308 e. The average Bonchev–Trinajstić information content (AvgIpc) is 2.47. The lowest BCUT2D eigenvalue weighted by molar-refractivity contribution is 0.0808. The third kappa shape index (κ3) is 1.93. The van der Waals surface area contributed by atoms with Crippen molar-refractivity contribution >= 4 is 10.2 Å². The summed E-state index contributed by atoms with van der Waals surface area (Å²) in [5.74, 6) is 0.0369. The molecular formula is C7H9FN2O3S. The van der Waals surface area contributed by atoms with Gasteiger partial charge in [0.25, 0.3) is 0 Å². The van der Waals surface area contributed by atoms with E-state index in [9.17, 15) is 12.3 Å². The molecule has 2 rings (SSSR count). The first-order valence-corrected chi connectivity index (χ1v) is 5.65. The molecule has 0 saturated heterocycles. The first-order chi connectivity index (χ1) is 6.56. The van der Waals surface area contributed by atoms with Crippen molar-refractivity contribution in [3.63, 3.8) is 0 Å². The van der Waals surface area contributed by atoms with Gasteiger partial charge < -0.3 is 9.30 Å². The summed E-state index contributed by atoms with van der Waals surface area (Å²) in [7, 11) is -4.48. The van der Waals surface area contributed by atoms with Crippen molar-refractivity contribution in [2.24, 2.45) is 0 Å². The van der Waals surface area contributed by atoms with Gasteiger partial charge in [-0.25, -0.2) is 4.98 Å². The number of rotatable bonds is 2. The van der Waals surface area contributed by atoms with Crippen molar-refractivity contribution in [1.82, 2.24) is 9.55 Å². The topological polar surface area (TPSA) is 61.2 Å². The van der Waals surface area contributed by atoms with E-state index in [0.717, 1.165) is 0 Å². The number of halogens is 1. The monoisotopic (exact) mass is 220 g/mol. The fourth-order valence-electron chi connectivity index (χ4n) is 1.45. The molecule has 0 spiro atoms. The lowest BCUT2D eigenvalue weighted by Gasteiger charge is -2.16. The van der Waals surface area contributed by atoms with E-state index in [-0.39, 0.29) is 0 Å². The third-order valence-electron chi connectivity index (χ3n) is 2.03. The number of aromatic nitrogens is 2. The molecule has 1 aromatic rings. The van der Waals surface area contributed by atoms with Gasteiger partial charge in [0.15, 0.2) is 0 Å². The summed E-state index contributed by atoms with van der Waals surface area (Å²) in [6.45, 7) is 1.38. The zero-order valence-corrected chi connectivity index (χ0v) is 8.13. The fourth-order valence-corrected chi connectivity index (χ4v) is 2.04. The minimum absolute atomic E-state index is 0.354. The van der Waals surface area contributed by atoms with Gasteiger partial charge in [-0.1, -0.05) is 0 Å². The Labute approximate surface area is 80.7 Å². The van der Waals surface area contributed by atoms with Gasteiger partial charge in [0.1, 0.15) is 18.2 Å². The second-order valence-electron chi connectivity index (χ2n) is 3.05. The van der Waals surface area contributed by atoms with Crippen LogP contribution in [-0.4, -0.2) is 24.6 Å². The average molecular weight is 220 g/mol. The summed E-state index contributed by atoms with van der Waals surface area (Å²) in [5, 5.41) is 0. The predicted molar refractivity (Wildman–Crippen MR) is 45.6 cm³/mol. The third-order valence-corrected chi connectivity index (χ3v) is 2.67. The molecule has 0 fully saturated rings. The van der Waals surface area contributed by atoms with Crippen LogP contribution >= 0.6 is 0 Å². The Balaban J connectivity index is 2.31. The first-order valence-electron chi connectivity index (χ1n) is 4.09. The maximum absolute atomic E-state index is 12.4. The molecular weight excluding hydrogens is 211 g/mol. The van der Waals surface area contributed by atoms with E-state index in [1.165, 1.54) is 6.20 Å². The Bertz CT molecular complexity index is 440. The van der Waals surface area contributed by atoms with Gasteiger partial charge in [-0.3, -0.25) is 0 Å². The van der Waals surface area contributed by atoms with E-state index in [0.29, 0.717) is 31.3 Å². The zero-order valence-electron chi connectivity index (χ0n) is 7.31. The van der Waals surface area contributed by atoms with Crippen LogP contribution in [0.15, 0.2) is 6.20 Å². The van der Waals surface area contributed by atoms with Gasteiger partial charge >= 0.3 is 10.2 Å². The Morgan fingerprint density at radius 2 is 2.43 bits per heavy atom. The van der Waals surface area contributed by atoms with Crippen LogP contribution in [0.4, 0.5) is 3.89 Å². The van der Waals surface area contributed by atoms with Crippen LogP contribution in [0.5, 0.6) is 0 Å². The molecule has 0 N–H and O–H groups in total. The van der Waals surface area contributed by atoms with Gasteiger partial charge in [0.05, 0.1) is 12.3 Å². The maximum atomic E-state index is 12.4. The van der Waals surface area contributed by atoms with Gasteiger partial charge in [-0.05, 0) is 0 Å². The Kier molecular flexibility index (Phi) is 2.28. The first kappa shape index (κ1) is 9.60. The molecule has 78 valence electrons. The van der Waals surface area contributed by atoms with E-state index in [1.807, 2.05) is 0 Å². The van der Waals surface area contributed by atoms with Crippen molar-refractivity contribution in [2.75, 3.05) is 6.61 Å². The number of ether oxygens (including phenoxy) is 1. The number of fused-ring (bicyclic) bond motifs is 1. The van der Waals surface area contributed by atoms with E-state index in [4.69, 9.17) is 4.74 Å². The van der Waals surface area contributed by atoms with Gasteiger partial charge in [-0.15, -0.1) is 3.89 Å². The highest BCUT2D eigenvalue weighted by Gasteiger charge is 2.18. The molecule has 0 radical (unpaired) electrons. The SMILES string of the molecule is O=S(=O)(F)Cc1cnc2n1CCOC2. The van der Waals surface area contributed by atoms with E-state index >= 15 is 0 Å². The van der Waals surface area contributed by atoms with Gasteiger partial charge in [0.2, 0.25) is 0 Å². The summed E-state index contributed by atoms with van der Waals surface area (Å²) in [6.07, 6.45) is 1.38. The molecule has 5 nitrogen and oxygen atoms in total. The molecule has 1 aromatic heterocycles. The highest BCUT2D eigenvalue weighted by Crippen LogP contribution is 2.14. The van der Waals surface area contributed by atoms with Crippen LogP contribution < -0.4 is 0 Å². The molecule has 0 aromatic carbocycles. The standard InChI is InChI=1S/C7H9FN2O3S/c8-14(11,12)5-6-3-9-7-4-13-2-1-10(6)7/h3H,1-2,4-5H2. The molecule has 0 unspecified atom stereocenters. The van der Waals surface area contributed by atoms with Crippen molar-refractivity contribution in [1.29, 1.82) is 0 Å². The van der Waals surface area contributed by atoms with Crippen molar-refractivity contribution in [3.8, 4) is 0 Å². The molecule has 14 heavy (non-hydrogen) atoms. The van der Waals surface area contributed by atoms with Crippen molar-refractivity contribution in [2.45, 2.75) is 18.9 Å². The molecule has 0 aliphatic carbocycles. The molecule has 1 aliphatic rings. The second-order valence-corrected chi connectivity index (χ2v) is 4.42. The smallest absolute Gasteiger partial charge is 0.308 e. The van der Waals surface area contributed by atoms with E-state index < -0.39 is 16.0 Å². The summed E-state index contributed by atoms with van der Waals surface area (Å²) < 4.78 is 40.1. The van der Waals surface area contributed by atoms with Gasteiger partial charge in [-0.2, -0.15) is 8.42 Å². The van der Waals surface area contributed by atoms with Crippen LogP contribution in [0, 0.1) is 0 Å². The van der Waals surface area contributed by atoms with Crippen molar-refractivity contribution < 1.29 is 17.0 Å². The second kappa shape index (κ2) is 3.32. The molecule has 0 bridgehead atoms. The van der Waals surface area contributed by atoms with Crippen LogP contribution in [-0.2, 0) is 33.9 Å². The lowest BCUT2D eigenvalue weighted by Crippen LogP contribution is -2.19. The highest BCUT2D eigenvalue weighted by atomic mass is 32.3. The quantitative estimate of drug-likeness (QED) is 0.668. The molecule has 2 heterocycles. The molecule has 0 saturated carbocycles. The van der Waals surface area contributed by atoms with Crippen LogP contribution in [0.1, 0.15) is 11.5 Å². The summed E-state index contributed by atoms with van der Waals surface area (Å²) in [6, 6.07) is 0. The molecule has 0 amide bonds. The Hall–Kier alpha value is -0.950. The molecule has 1 aliphatic heterocycles. The minimum atomic E-state index is -4.48. The van der Waals surface area contributed by atoms with E-state index in [2.05, 4.69) is 4.98 Å². The number of imidazole rings is 1. The van der Waals surface area contributed by atoms with Gasteiger partial charge in [0, 0.05) is 12.7 Å². The number of hydrogen-bond acceptors (Lipinski definition) is 4. The Morgan fingerprint density at radius 1 is 1.64 bits per heavy atom. The predicted octanol–water partition coefficient (Wildman–Crippen LogP) is 0.213. The van der Waals surface area contributed by atoms with Crippen LogP contribution in [0.2, 0.25) is 0 Å². The van der Waals surface area contributed by atoms with Crippen LogP contribution in [0.25, 0.3) is 0 Å². The highest BCUT2D eigenvalue weighted by molar-refractivity contribution is 7.85. The molecule has 0 atom stereocenters. The normalized spacial score (nSPS) is 16.6. The number of nitrogens with zero attached hydrogens (tertiary/aromatic N) is 2. The fraction of sp³-hybridized carbons (Fsp3) is 0.571. The van der Waals surface area contributed by atoms with Crippen molar-refractivity contribution in [3.05, 3.63) is 17.7 Å². The summed E-state index contributed by atoms with van der Waals surface area (Å²) >= 11 is 0. The Morgan fingerprint density at radius 3 is 3.14 bits per heavy atom.